The minimum atomic E-state index is -0.383. The minimum absolute atomic E-state index is 0.158. The molecule has 0 saturated carbocycles. The zero-order chi connectivity index (χ0) is 20.6. The van der Waals surface area contributed by atoms with Crippen LogP contribution in [0.1, 0.15) is 24.3 Å². The maximum Gasteiger partial charge on any atom is 0.276 e. The number of amides is 2. The Bertz CT molecular complexity index is 988. The number of nitrogens with zero attached hydrogens (tertiary/aromatic N) is 2. The summed E-state index contributed by atoms with van der Waals surface area (Å²) in [5, 5.41) is 16.6. The third-order valence-corrected chi connectivity index (χ3v) is 3.81. The number of hydrogen-bond donors (Lipinski definition) is 3. The number of anilines is 4. The topological polar surface area (TPSA) is 105 Å². The lowest BCUT2D eigenvalue weighted by Crippen LogP contribution is -2.14. The number of aromatic nitrogens is 2. The number of rotatable bonds is 7. The van der Waals surface area contributed by atoms with Crippen molar-refractivity contribution in [2.75, 3.05) is 22.6 Å². The first-order chi connectivity index (χ1) is 14.0. The van der Waals surface area contributed by atoms with Crippen molar-refractivity contribution < 1.29 is 14.3 Å². The molecule has 0 spiro atoms. The molecule has 0 aliphatic rings. The van der Waals surface area contributed by atoms with Crippen LogP contribution in [0, 0.1) is 0 Å². The predicted octanol–water partition coefficient (Wildman–Crippen LogP) is 3.83. The fourth-order valence-corrected chi connectivity index (χ4v) is 2.54. The number of carbonyl (C=O) groups excluding carboxylic acids is 2. The van der Waals surface area contributed by atoms with E-state index < -0.39 is 0 Å². The molecule has 0 bridgehead atoms. The van der Waals surface area contributed by atoms with Crippen LogP contribution in [-0.2, 0) is 4.79 Å². The van der Waals surface area contributed by atoms with Crippen molar-refractivity contribution in [1.29, 1.82) is 0 Å². The van der Waals surface area contributed by atoms with E-state index in [2.05, 4.69) is 26.1 Å². The van der Waals surface area contributed by atoms with E-state index in [1.165, 1.54) is 6.92 Å². The normalized spacial score (nSPS) is 10.1. The van der Waals surface area contributed by atoms with Gasteiger partial charge in [0.1, 0.15) is 5.75 Å². The molecule has 3 N–H and O–H groups in total. The molecule has 0 radical (unpaired) electrons. The second-order valence-electron chi connectivity index (χ2n) is 6.07. The van der Waals surface area contributed by atoms with Gasteiger partial charge in [-0.3, -0.25) is 9.59 Å². The summed E-state index contributed by atoms with van der Waals surface area (Å²) >= 11 is 0. The van der Waals surface area contributed by atoms with Crippen molar-refractivity contribution in [2.24, 2.45) is 0 Å². The number of ether oxygens (including phenoxy) is 1. The average molecular weight is 391 g/mol. The molecule has 3 aromatic rings. The summed E-state index contributed by atoms with van der Waals surface area (Å²) in [6, 6.07) is 17.5. The van der Waals surface area contributed by atoms with Gasteiger partial charge in [-0.25, -0.2) is 0 Å². The van der Waals surface area contributed by atoms with Crippen molar-refractivity contribution in [2.45, 2.75) is 13.8 Å². The number of carbonyl (C=O) groups is 2. The standard InChI is InChI=1S/C21H21N5O3/c1-3-29-19-7-5-4-6-17(19)24-20-13-12-18(25-26-20)21(28)23-16-10-8-15(9-11-16)22-14(2)27/h4-13H,3H2,1-2H3,(H,22,27)(H,23,28)(H,24,26). The Morgan fingerprint density at radius 3 is 2.21 bits per heavy atom. The molecule has 0 aliphatic carbocycles. The molecule has 2 aromatic carbocycles. The largest absolute Gasteiger partial charge is 0.492 e. The van der Waals surface area contributed by atoms with E-state index in [1.54, 1.807) is 36.4 Å². The first-order valence-electron chi connectivity index (χ1n) is 9.06. The Labute approximate surface area is 168 Å². The summed E-state index contributed by atoms with van der Waals surface area (Å²) in [5.74, 6) is 0.662. The summed E-state index contributed by atoms with van der Waals surface area (Å²) in [6.07, 6.45) is 0. The lowest BCUT2D eigenvalue weighted by atomic mass is 10.2. The number of para-hydroxylation sites is 2. The van der Waals surface area contributed by atoms with Gasteiger partial charge < -0.3 is 20.7 Å². The van der Waals surface area contributed by atoms with Gasteiger partial charge in [-0.1, -0.05) is 12.1 Å². The molecule has 148 valence electrons. The predicted molar refractivity (Wildman–Crippen MR) is 112 cm³/mol. The van der Waals surface area contributed by atoms with Gasteiger partial charge in [-0.15, -0.1) is 10.2 Å². The van der Waals surface area contributed by atoms with E-state index in [4.69, 9.17) is 4.74 Å². The summed E-state index contributed by atoms with van der Waals surface area (Å²) in [4.78, 5) is 23.4. The lowest BCUT2D eigenvalue weighted by Gasteiger charge is -2.11. The molecule has 29 heavy (non-hydrogen) atoms. The minimum Gasteiger partial charge on any atom is -0.492 e. The second-order valence-corrected chi connectivity index (χ2v) is 6.07. The third-order valence-electron chi connectivity index (χ3n) is 3.81. The molecule has 2 amide bonds. The first kappa shape index (κ1) is 19.8. The van der Waals surface area contributed by atoms with Gasteiger partial charge in [0.2, 0.25) is 5.91 Å². The van der Waals surface area contributed by atoms with Crippen molar-refractivity contribution in [3.63, 3.8) is 0 Å². The van der Waals surface area contributed by atoms with E-state index in [0.717, 1.165) is 5.69 Å². The smallest absolute Gasteiger partial charge is 0.276 e. The van der Waals surface area contributed by atoms with E-state index in [9.17, 15) is 9.59 Å². The molecule has 0 unspecified atom stereocenters. The van der Waals surface area contributed by atoms with Crippen LogP contribution in [0.5, 0.6) is 5.75 Å². The monoisotopic (exact) mass is 391 g/mol. The van der Waals surface area contributed by atoms with Gasteiger partial charge in [0, 0.05) is 18.3 Å². The molecular weight excluding hydrogens is 370 g/mol. The molecule has 0 fully saturated rings. The molecule has 8 nitrogen and oxygen atoms in total. The molecule has 3 rings (SSSR count). The van der Waals surface area contributed by atoms with Gasteiger partial charge in [0.05, 0.1) is 12.3 Å². The van der Waals surface area contributed by atoms with Crippen LogP contribution < -0.4 is 20.7 Å². The van der Waals surface area contributed by atoms with Gasteiger partial charge in [-0.2, -0.15) is 0 Å². The van der Waals surface area contributed by atoms with E-state index in [-0.39, 0.29) is 17.5 Å². The van der Waals surface area contributed by atoms with Crippen LogP contribution in [0.2, 0.25) is 0 Å². The Hall–Kier alpha value is -3.94. The third kappa shape index (κ3) is 5.52. The van der Waals surface area contributed by atoms with Crippen LogP contribution >= 0.6 is 0 Å². The molecule has 1 heterocycles. The van der Waals surface area contributed by atoms with Crippen LogP contribution in [0.15, 0.2) is 60.7 Å². The highest BCUT2D eigenvalue weighted by Crippen LogP contribution is 2.26. The average Bonchev–Trinajstić information content (AvgIpc) is 2.71. The zero-order valence-electron chi connectivity index (χ0n) is 16.1. The van der Waals surface area contributed by atoms with Crippen LogP contribution in [-0.4, -0.2) is 28.6 Å². The first-order valence-corrected chi connectivity index (χ1v) is 9.06. The number of benzene rings is 2. The Kier molecular flexibility index (Phi) is 6.36. The molecule has 0 saturated heterocycles. The van der Waals surface area contributed by atoms with Crippen molar-refractivity contribution >= 4 is 34.7 Å². The van der Waals surface area contributed by atoms with Gasteiger partial charge in [0.15, 0.2) is 11.5 Å². The van der Waals surface area contributed by atoms with Crippen molar-refractivity contribution in [1.82, 2.24) is 10.2 Å². The highest BCUT2D eigenvalue weighted by molar-refractivity contribution is 6.03. The van der Waals surface area contributed by atoms with Crippen LogP contribution in [0.4, 0.5) is 22.9 Å². The molecule has 0 atom stereocenters. The summed E-state index contributed by atoms with van der Waals surface area (Å²) in [6.45, 7) is 3.90. The van der Waals surface area contributed by atoms with E-state index in [1.807, 2.05) is 31.2 Å². The SMILES string of the molecule is CCOc1ccccc1Nc1ccc(C(=O)Nc2ccc(NC(C)=O)cc2)nn1. The molecule has 8 heteroatoms. The maximum atomic E-state index is 12.4. The second kappa shape index (κ2) is 9.32. The fraction of sp³-hybridized carbons (Fsp3) is 0.143. The Morgan fingerprint density at radius 1 is 0.897 bits per heavy atom. The molecular formula is C21H21N5O3. The summed E-state index contributed by atoms with van der Waals surface area (Å²) in [7, 11) is 0. The number of hydrogen-bond acceptors (Lipinski definition) is 6. The fourth-order valence-electron chi connectivity index (χ4n) is 2.54. The molecule has 1 aromatic heterocycles. The summed E-state index contributed by atoms with van der Waals surface area (Å²) in [5.41, 5.74) is 2.18. The van der Waals surface area contributed by atoms with Crippen LogP contribution in [0.25, 0.3) is 0 Å². The molecule has 0 aliphatic heterocycles. The van der Waals surface area contributed by atoms with E-state index in [0.29, 0.717) is 29.5 Å². The maximum absolute atomic E-state index is 12.4. The van der Waals surface area contributed by atoms with Gasteiger partial charge in [0.25, 0.3) is 5.91 Å². The van der Waals surface area contributed by atoms with Crippen LogP contribution in [0.3, 0.4) is 0 Å². The highest BCUT2D eigenvalue weighted by Gasteiger charge is 2.10. The Balaban J connectivity index is 1.64. The van der Waals surface area contributed by atoms with Crippen molar-refractivity contribution in [3.05, 3.63) is 66.4 Å². The lowest BCUT2D eigenvalue weighted by molar-refractivity contribution is -0.114. The summed E-state index contributed by atoms with van der Waals surface area (Å²) < 4.78 is 5.57. The quantitative estimate of drug-likeness (QED) is 0.565. The van der Waals surface area contributed by atoms with Crippen molar-refractivity contribution in [3.8, 4) is 5.75 Å². The van der Waals surface area contributed by atoms with Gasteiger partial charge in [-0.05, 0) is 55.5 Å². The van der Waals surface area contributed by atoms with Gasteiger partial charge >= 0.3 is 0 Å². The van der Waals surface area contributed by atoms with E-state index >= 15 is 0 Å². The Morgan fingerprint density at radius 2 is 1.59 bits per heavy atom. The highest BCUT2D eigenvalue weighted by atomic mass is 16.5. The zero-order valence-corrected chi connectivity index (χ0v) is 16.1. The number of nitrogens with one attached hydrogen (secondary N) is 3.